The van der Waals surface area contributed by atoms with Crippen molar-refractivity contribution in [3.63, 3.8) is 0 Å². The van der Waals surface area contributed by atoms with E-state index < -0.39 is 0 Å². The fraction of sp³-hybridized carbons (Fsp3) is 0.308. The first kappa shape index (κ1) is 13.9. The minimum absolute atomic E-state index is 0.193. The van der Waals surface area contributed by atoms with Crippen molar-refractivity contribution in [3.8, 4) is 0 Å². The molecule has 1 amide bonds. The first-order valence-electron chi connectivity index (χ1n) is 6.15. The molecular weight excluding hydrogens is 256 g/mol. The number of anilines is 2. The summed E-state index contributed by atoms with van der Waals surface area (Å²) in [6.07, 6.45) is 0. The highest BCUT2D eigenvalue weighted by Crippen LogP contribution is 2.11. The Kier molecular flexibility index (Phi) is 3.88. The van der Waals surface area contributed by atoms with Gasteiger partial charge in [-0.3, -0.25) is 10.1 Å². The van der Waals surface area contributed by atoms with Crippen molar-refractivity contribution >= 4 is 17.7 Å². The lowest BCUT2D eigenvalue weighted by atomic mass is 10.2. The summed E-state index contributed by atoms with van der Waals surface area (Å²) >= 11 is 0. The van der Waals surface area contributed by atoms with E-state index in [0.717, 1.165) is 17.1 Å². The van der Waals surface area contributed by atoms with E-state index in [1.54, 1.807) is 19.2 Å². The molecule has 0 saturated heterocycles. The predicted octanol–water partition coefficient (Wildman–Crippen LogP) is 1.49. The highest BCUT2D eigenvalue weighted by molar-refractivity contribution is 6.03. The molecule has 7 heteroatoms. The Hall–Kier alpha value is -2.57. The lowest BCUT2D eigenvalue weighted by molar-refractivity contribution is 0.102. The van der Waals surface area contributed by atoms with Crippen LogP contribution in [-0.4, -0.2) is 33.1 Å². The monoisotopic (exact) mass is 272 g/mol. The third-order valence-electron chi connectivity index (χ3n) is 2.79. The minimum atomic E-state index is -0.294. The van der Waals surface area contributed by atoms with E-state index in [4.69, 9.17) is 0 Å². The van der Waals surface area contributed by atoms with Crippen LogP contribution in [0.15, 0.2) is 12.1 Å². The first-order chi connectivity index (χ1) is 9.49. The second-order valence-electron chi connectivity index (χ2n) is 4.39. The Morgan fingerprint density at radius 3 is 2.45 bits per heavy atom. The van der Waals surface area contributed by atoms with Crippen LogP contribution in [0.4, 0.5) is 11.8 Å². The highest BCUT2D eigenvalue weighted by atomic mass is 16.1. The number of hydrogen-bond acceptors (Lipinski definition) is 6. The van der Waals surface area contributed by atoms with Gasteiger partial charge in [0.05, 0.1) is 11.4 Å². The predicted molar refractivity (Wildman–Crippen MR) is 75.8 cm³/mol. The van der Waals surface area contributed by atoms with Crippen LogP contribution >= 0.6 is 0 Å². The Balaban J connectivity index is 2.23. The summed E-state index contributed by atoms with van der Waals surface area (Å²) in [7, 11) is 1.75. The standard InChI is InChI=1S/C13H16N6O/c1-7-5-10(6-11(14-4)15-7)12(20)17-13-16-8(2)9(3)18-19-13/h5-6H,1-4H3,(H,14,15)(H,16,17,19,20). The summed E-state index contributed by atoms with van der Waals surface area (Å²) in [4.78, 5) is 20.6. The topological polar surface area (TPSA) is 92.7 Å². The Labute approximate surface area is 116 Å². The number of aryl methyl sites for hydroxylation is 3. The van der Waals surface area contributed by atoms with Crippen molar-refractivity contribution in [2.75, 3.05) is 17.7 Å². The van der Waals surface area contributed by atoms with Crippen molar-refractivity contribution in [2.45, 2.75) is 20.8 Å². The molecule has 104 valence electrons. The van der Waals surface area contributed by atoms with E-state index in [1.165, 1.54) is 0 Å². The molecule has 0 spiro atoms. The van der Waals surface area contributed by atoms with Crippen LogP contribution in [0.3, 0.4) is 0 Å². The number of carbonyl (C=O) groups excluding carboxylic acids is 1. The normalized spacial score (nSPS) is 10.2. The van der Waals surface area contributed by atoms with E-state index >= 15 is 0 Å². The fourth-order valence-corrected chi connectivity index (χ4v) is 1.61. The van der Waals surface area contributed by atoms with Crippen LogP contribution in [0.25, 0.3) is 0 Å². The van der Waals surface area contributed by atoms with Crippen molar-refractivity contribution in [1.82, 2.24) is 20.2 Å². The smallest absolute Gasteiger partial charge is 0.258 e. The van der Waals surface area contributed by atoms with Crippen LogP contribution < -0.4 is 10.6 Å². The van der Waals surface area contributed by atoms with Crippen LogP contribution in [0, 0.1) is 20.8 Å². The van der Waals surface area contributed by atoms with Crippen LogP contribution in [-0.2, 0) is 0 Å². The molecule has 0 aliphatic rings. The van der Waals surface area contributed by atoms with Gasteiger partial charge >= 0.3 is 0 Å². The van der Waals surface area contributed by atoms with E-state index in [0.29, 0.717) is 11.4 Å². The van der Waals surface area contributed by atoms with E-state index in [9.17, 15) is 4.79 Å². The Morgan fingerprint density at radius 2 is 1.80 bits per heavy atom. The molecule has 7 nitrogen and oxygen atoms in total. The summed E-state index contributed by atoms with van der Waals surface area (Å²) in [5.41, 5.74) is 2.71. The number of nitrogens with one attached hydrogen (secondary N) is 2. The molecule has 0 radical (unpaired) electrons. The summed E-state index contributed by atoms with van der Waals surface area (Å²) < 4.78 is 0. The van der Waals surface area contributed by atoms with Crippen molar-refractivity contribution in [3.05, 3.63) is 34.8 Å². The highest BCUT2D eigenvalue weighted by Gasteiger charge is 2.11. The number of aromatic nitrogens is 4. The molecule has 2 N–H and O–H groups in total. The maximum absolute atomic E-state index is 12.2. The second-order valence-corrected chi connectivity index (χ2v) is 4.39. The zero-order valence-electron chi connectivity index (χ0n) is 11.9. The Bertz CT molecular complexity index is 655. The molecule has 0 aliphatic carbocycles. The van der Waals surface area contributed by atoms with Crippen molar-refractivity contribution < 1.29 is 4.79 Å². The molecule has 0 unspecified atom stereocenters. The molecule has 0 saturated carbocycles. The molecule has 0 fully saturated rings. The number of nitrogens with zero attached hydrogens (tertiary/aromatic N) is 4. The Morgan fingerprint density at radius 1 is 1.05 bits per heavy atom. The largest absolute Gasteiger partial charge is 0.373 e. The van der Waals surface area contributed by atoms with Gasteiger partial charge in [0.25, 0.3) is 5.91 Å². The van der Waals surface area contributed by atoms with E-state index in [2.05, 4.69) is 30.8 Å². The van der Waals surface area contributed by atoms with Crippen LogP contribution in [0.2, 0.25) is 0 Å². The number of hydrogen-bond donors (Lipinski definition) is 2. The first-order valence-corrected chi connectivity index (χ1v) is 6.15. The van der Waals surface area contributed by atoms with Gasteiger partial charge in [0, 0.05) is 18.3 Å². The molecule has 0 bridgehead atoms. The maximum Gasteiger partial charge on any atom is 0.258 e. The zero-order valence-corrected chi connectivity index (χ0v) is 11.9. The lowest BCUT2D eigenvalue weighted by Gasteiger charge is -2.07. The molecule has 2 aromatic rings. The average molecular weight is 272 g/mol. The number of pyridine rings is 1. The SMILES string of the molecule is CNc1cc(C(=O)Nc2nnc(C)c(C)n2)cc(C)n1. The molecule has 2 rings (SSSR count). The molecule has 2 heterocycles. The third-order valence-corrected chi connectivity index (χ3v) is 2.79. The fourth-order valence-electron chi connectivity index (χ4n) is 1.61. The van der Waals surface area contributed by atoms with Gasteiger partial charge in [-0.25, -0.2) is 9.97 Å². The second kappa shape index (κ2) is 5.60. The van der Waals surface area contributed by atoms with Gasteiger partial charge in [0.2, 0.25) is 5.95 Å². The van der Waals surface area contributed by atoms with E-state index in [-0.39, 0.29) is 11.9 Å². The number of rotatable bonds is 3. The average Bonchev–Trinajstić information content (AvgIpc) is 2.42. The number of carbonyl (C=O) groups is 1. The maximum atomic E-state index is 12.2. The van der Waals surface area contributed by atoms with Gasteiger partial charge < -0.3 is 5.32 Å². The number of amides is 1. The molecule has 20 heavy (non-hydrogen) atoms. The van der Waals surface area contributed by atoms with Crippen LogP contribution in [0.1, 0.15) is 27.4 Å². The van der Waals surface area contributed by atoms with Crippen LogP contribution in [0.5, 0.6) is 0 Å². The zero-order chi connectivity index (χ0) is 14.7. The molecule has 2 aromatic heterocycles. The molecule has 0 aromatic carbocycles. The summed E-state index contributed by atoms with van der Waals surface area (Å²) in [6.45, 7) is 5.45. The summed E-state index contributed by atoms with van der Waals surface area (Å²) in [5.74, 6) is 0.532. The third kappa shape index (κ3) is 3.05. The van der Waals surface area contributed by atoms with Gasteiger partial charge in [-0.15, -0.1) is 5.10 Å². The molecule has 0 aliphatic heterocycles. The van der Waals surface area contributed by atoms with Crippen molar-refractivity contribution in [1.29, 1.82) is 0 Å². The van der Waals surface area contributed by atoms with Crippen molar-refractivity contribution in [2.24, 2.45) is 0 Å². The van der Waals surface area contributed by atoms with Gasteiger partial charge in [0.15, 0.2) is 0 Å². The molecule has 0 atom stereocenters. The van der Waals surface area contributed by atoms with Gasteiger partial charge in [-0.1, -0.05) is 0 Å². The summed E-state index contributed by atoms with van der Waals surface area (Å²) in [6, 6.07) is 3.36. The summed E-state index contributed by atoms with van der Waals surface area (Å²) in [5, 5.41) is 13.3. The van der Waals surface area contributed by atoms with Gasteiger partial charge in [-0.2, -0.15) is 5.10 Å². The van der Waals surface area contributed by atoms with Gasteiger partial charge in [0.1, 0.15) is 5.82 Å². The van der Waals surface area contributed by atoms with Gasteiger partial charge in [-0.05, 0) is 32.9 Å². The quantitative estimate of drug-likeness (QED) is 0.879. The lowest BCUT2D eigenvalue weighted by Crippen LogP contribution is -2.16. The minimum Gasteiger partial charge on any atom is -0.373 e. The molecular formula is C13H16N6O. The van der Waals surface area contributed by atoms with E-state index in [1.807, 2.05) is 20.8 Å².